The van der Waals surface area contributed by atoms with Crippen LogP contribution in [0.3, 0.4) is 0 Å². The summed E-state index contributed by atoms with van der Waals surface area (Å²) in [6.07, 6.45) is 6.30. The summed E-state index contributed by atoms with van der Waals surface area (Å²) in [5, 5.41) is 0. The van der Waals surface area contributed by atoms with Crippen LogP contribution in [0.2, 0.25) is 0 Å². The highest BCUT2D eigenvalue weighted by atomic mass is 15.2. The second-order valence-electron chi connectivity index (χ2n) is 7.73. The summed E-state index contributed by atoms with van der Waals surface area (Å²) in [7, 11) is 0. The lowest BCUT2D eigenvalue weighted by Crippen LogP contribution is -2.47. The van der Waals surface area contributed by atoms with Gasteiger partial charge in [0.1, 0.15) is 0 Å². The van der Waals surface area contributed by atoms with Crippen LogP contribution in [0, 0.1) is 5.41 Å². The van der Waals surface area contributed by atoms with Gasteiger partial charge >= 0.3 is 0 Å². The summed E-state index contributed by atoms with van der Waals surface area (Å²) in [6.45, 7) is 9.15. The fourth-order valence-corrected chi connectivity index (χ4v) is 3.41. The van der Waals surface area contributed by atoms with Gasteiger partial charge in [-0.3, -0.25) is 11.3 Å². The predicted molar refractivity (Wildman–Crippen MR) is 86.5 cm³/mol. The molecule has 1 fully saturated rings. The summed E-state index contributed by atoms with van der Waals surface area (Å²) in [5.74, 6) is 5.83. The van der Waals surface area contributed by atoms with Crippen molar-refractivity contribution < 1.29 is 0 Å². The average molecular weight is 274 g/mol. The Morgan fingerprint density at radius 3 is 2.15 bits per heavy atom. The molecule has 0 spiro atoms. The molecule has 1 atom stereocenters. The van der Waals surface area contributed by atoms with Crippen molar-refractivity contribution in [3.05, 3.63) is 35.4 Å². The Morgan fingerprint density at radius 2 is 1.70 bits per heavy atom. The highest BCUT2D eigenvalue weighted by Crippen LogP contribution is 2.41. The van der Waals surface area contributed by atoms with E-state index in [1.165, 1.54) is 36.8 Å². The fraction of sp³-hybridized carbons (Fsp3) is 0.667. The monoisotopic (exact) mass is 274 g/mol. The highest BCUT2D eigenvalue weighted by Gasteiger charge is 2.36. The van der Waals surface area contributed by atoms with Gasteiger partial charge < -0.3 is 0 Å². The van der Waals surface area contributed by atoms with E-state index in [1.807, 2.05) is 0 Å². The number of rotatable bonds is 4. The second-order valence-corrected chi connectivity index (χ2v) is 7.73. The van der Waals surface area contributed by atoms with Gasteiger partial charge in [-0.15, -0.1) is 0 Å². The van der Waals surface area contributed by atoms with Crippen LogP contribution in [0.1, 0.15) is 64.5 Å². The van der Waals surface area contributed by atoms with E-state index in [4.69, 9.17) is 5.84 Å². The van der Waals surface area contributed by atoms with E-state index in [-0.39, 0.29) is 5.41 Å². The van der Waals surface area contributed by atoms with E-state index in [1.54, 1.807) is 0 Å². The minimum Gasteiger partial charge on any atom is -0.271 e. The summed E-state index contributed by atoms with van der Waals surface area (Å²) in [5.41, 5.74) is 6.44. The molecule has 1 unspecified atom stereocenters. The minimum absolute atomic E-state index is 0.224. The largest absolute Gasteiger partial charge is 0.271 e. The zero-order chi connectivity index (χ0) is 14.8. The first kappa shape index (κ1) is 15.5. The van der Waals surface area contributed by atoms with Crippen molar-refractivity contribution in [1.82, 2.24) is 5.43 Å². The van der Waals surface area contributed by atoms with Gasteiger partial charge in [0.2, 0.25) is 0 Å². The molecular weight excluding hydrogens is 244 g/mol. The molecule has 1 aliphatic carbocycles. The summed E-state index contributed by atoms with van der Waals surface area (Å²) in [4.78, 5) is 0. The minimum atomic E-state index is 0.224. The van der Waals surface area contributed by atoms with Crippen molar-refractivity contribution in [2.24, 2.45) is 11.3 Å². The van der Waals surface area contributed by atoms with E-state index in [0.717, 1.165) is 6.42 Å². The van der Waals surface area contributed by atoms with E-state index in [2.05, 4.69) is 57.4 Å². The van der Waals surface area contributed by atoms with Gasteiger partial charge in [-0.2, -0.15) is 0 Å². The molecule has 0 radical (unpaired) electrons. The number of hydrazine groups is 1. The standard InChI is InChI=1S/C18H30N2/c1-17(2,3)15-9-7-14(8-10-15)13-16(20-19)18(4)11-5-6-12-18/h7-10,16,20H,5-6,11-13,19H2,1-4H3. The first-order valence-electron chi connectivity index (χ1n) is 7.91. The summed E-state index contributed by atoms with van der Waals surface area (Å²) in [6, 6.07) is 9.44. The first-order valence-corrected chi connectivity index (χ1v) is 7.91. The molecule has 2 nitrogen and oxygen atoms in total. The molecule has 3 N–H and O–H groups in total. The quantitative estimate of drug-likeness (QED) is 0.644. The molecule has 0 amide bonds. The maximum absolute atomic E-state index is 5.83. The van der Waals surface area contributed by atoms with Crippen molar-refractivity contribution in [2.75, 3.05) is 0 Å². The normalized spacial score (nSPS) is 20.1. The fourth-order valence-electron chi connectivity index (χ4n) is 3.41. The number of hydrogen-bond donors (Lipinski definition) is 2. The van der Waals surface area contributed by atoms with Crippen molar-refractivity contribution in [3.63, 3.8) is 0 Å². The SMILES string of the molecule is CC(C)(C)c1ccc(CC(NN)C2(C)CCCC2)cc1. The van der Waals surface area contributed by atoms with E-state index in [0.29, 0.717) is 11.5 Å². The molecule has 1 aromatic rings. The molecule has 0 aromatic heterocycles. The van der Waals surface area contributed by atoms with Crippen molar-refractivity contribution in [2.45, 2.75) is 71.3 Å². The van der Waals surface area contributed by atoms with E-state index in [9.17, 15) is 0 Å². The van der Waals surface area contributed by atoms with Gasteiger partial charge in [-0.25, -0.2) is 0 Å². The Balaban J connectivity index is 2.08. The van der Waals surface area contributed by atoms with Gasteiger partial charge in [0.15, 0.2) is 0 Å². The highest BCUT2D eigenvalue weighted by molar-refractivity contribution is 5.28. The molecule has 1 saturated carbocycles. The van der Waals surface area contributed by atoms with Gasteiger partial charge in [0.25, 0.3) is 0 Å². The van der Waals surface area contributed by atoms with Gasteiger partial charge in [0, 0.05) is 6.04 Å². The molecule has 0 aliphatic heterocycles. The Morgan fingerprint density at radius 1 is 1.15 bits per heavy atom. The van der Waals surface area contributed by atoms with Crippen LogP contribution in [-0.2, 0) is 11.8 Å². The number of hydrogen-bond acceptors (Lipinski definition) is 2. The molecule has 20 heavy (non-hydrogen) atoms. The molecule has 0 saturated heterocycles. The van der Waals surface area contributed by atoms with Crippen molar-refractivity contribution in [1.29, 1.82) is 0 Å². The van der Waals surface area contributed by atoms with Crippen LogP contribution in [0.25, 0.3) is 0 Å². The maximum Gasteiger partial charge on any atom is 0.0304 e. The van der Waals surface area contributed by atoms with E-state index >= 15 is 0 Å². The molecule has 112 valence electrons. The molecule has 0 heterocycles. The van der Waals surface area contributed by atoms with Crippen LogP contribution >= 0.6 is 0 Å². The van der Waals surface area contributed by atoms with Crippen LogP contribution in [0.4, 0.5) is 0 Å². The van der Waals surface area contributed by atoms with Gasteiger partial charge in [-0.1, -0.05) is 64.8 Å². The van der Waals surface area contributed by atoms with Crippen LogP contribution in [-0.4, -0.2) is 6.04 Å². The Hall–Kier alpha value is -0.860. The number of benzene rings is 1. The molecule has 0 bridgehead atoms. The molecule has 1 aromatic carbocycles. The van der Waals surface area contributed by atoms with Crippen LogP contribution < -0.4 is 11.3 Å². The molecular formula is C18H30N2. The third kappa shape index (κ3) is 3.42. The molecule has 2 heteroatoms. The Bertz CT molecular complexity index is 422. The summed E-state index contributed by atoms with van der Waals surface area (Å²) >= 11 is 0. The molecule has 1 aliphatic rings. The number of nitrogens with two attached hydrogens (primary N) is 1. The number of nitrogens with one attached hydrogen (secondary N) is 1. The van der Waals surface area contributed by atoms with Gasteiger partial charge in [-0.05, 0) is 41.2 Å². The lowest BCUT2D eigenvalue weighted by molar-refractivity contribution is 0.221. The lowest BCUT2D eigenvalue weighted by Gasteiger charge is -2.34. The molecule has 2 rings (SSSR count). The third-order valence-electron chi connectivity index (χ3n) is 5.05. The van der Waals surface area contributed by atoms with Crippen LogP contribution in [0.15, 0.2) is 24.3 Å². The topological polar surface area (TPSA) is 38.0 Å². The van der Waals surface area contributed by atoms with Crippen molar-refractivity contribution in [3.8, 4) is 0 Å². The predicted octanol–water partition coefficient (Wildman–Crippen LogP) is 3.94. The first-order chi connectivity index (χ1) is 9.35. The lowest BCUT2D eigenvalue weighted by atomic mass is 9.78. The smallest absolute Gasteiger partial charge is 0.0304 e. The Labute approximate surface area is 124 Å². The average Bonchev–Trinajstić information content (AvgIpc) is 2.83. The van der Waals surface area contributed by atoms with Gasteiger partial charge in [0.05, 0.1) is 0 Å². The second kappa shape index (κ2) is 5.87. The zero-order valence-corrected chi connectivity index (χ0v) is 13.5. The third-order valence-corrected chi connectivity index (χ3v) is 5.05. The van der Waals surface area contributed by atoms with Crippen molar-refractivity contribution >= 4 is 0 Å². The zero-order valence-electron chi connectivity index (χ0n) is 13.5. The van der Waals surface area contributed by atoms with Crippen LogP contribution in [0.5, 0.6) is 0 Å². The Kier molecular flexibility index (Phi) is 4.55. The van der Waals surface area contributed by atoms with E-state index < -0.39 is 0 Å². The maximum atomic E-state index is 5.83. The summed E-state index contributed by atoms with van der Waals surface area (Å²) < 4.78 is 0.